The predicted octanol–water partition coefficient (Wildman–Crippen LogP) is 5.61. The van der Waals surface area contributed by atoms with Crippen molar-refractivity contribution in [1.29, 1.82) is 0 Å². The van der Waals surface area contributed by atoms with Crippen LogP contribution >= 0.6 is 0 Å². The summed E-state index contributed by atoms with van der Waals surface area (Å²) in [6, 6.07) is 24.4. The summed E-state index contributed by atoms with van der Waals surface area (Å²) in [5.41, 5.74) is 2.10. The summed E-state index contributed by atoms with van der Waals surface area (Å²) in [7, 11) is 2.99. The standard InChI is InChI=1S/C37H30N2O7/c1-21(40)46-25-15-12-23(13-16-25)34(42)32-31(33(41)24-14-17-29(44-2)30(20-24)45-3)37(27-10-6-7-11-28(27)38-36(37)43)35-26-9-5-4-8-22(26)18-19-39(32)35/h4-20,31-32,35H,1-3H3,(H,38,43)/t31-,32-,35-,37+/m1/s1. The van der Waals surface area contributed by atoms with Crippen molar-refractivity contribution in [3.8, 4) is 17.2 Å². The van der Waals surface area contributed by atoms with Gasteiger partial charge < -0.3 is 24.4 Å². The largest absolute Gasteiger partial charge is 0.493 e. The zero-order valence-corrected chi connectivity index (χ0v) is 25.4. The molecule has 9 heteroatoms. The number of rotatable bonds is 7. The van der Waals surface area contributed by atoms with E-state index >= 15 is 4.79 Å². The highest BCUT2D eigenvalue weighted by molar-refractivity contribution is 6.16. The maximum Gasteiger partial charge on any atom is 0.308 e. The van der Waals surface area contributed by atoms with E-state index in [0.717, 1.165) is 11.1 Å². The fourth-order valence-corrected chi connectivity index (χ4v) is 7.36. The van der Waals surface area contributed by atoms with Gasteiger partial charge in [-0.1, -0.05) is 42.5 Å². The minimum absolute atomic E-state index is 0.277. The summed E-state index contributed by atoms with van der Waals surface area (Å²) in [5.74, 6) is -1.65. The number of hydrogen-bond acceptors (Lipinski definition) is 8. The third-order valence-corrected chi connectivity index (χ3v) is 9.19. The van der Waals surface area contributed by atoms with E-state index < -0.39 is 29.4 Å². The third kappa shape index (κ3) is 4.23. The molecule has 3 aliphatic heterocycles. The predicted molar refractivity (Wildman–Crippen MR) is 170 cm³/mol. The van der Waals surface area contributed by atoms with Crippen LogP contribution in [0.15, 0.2) is 97.2 Å². The number of esters is 1. The van der Waals surface area contributed by atoms with Crippen molar-refractivity contribution in [3.05, 3.63) is 125 Å². The lowest BCUT2D eigenvalue weighted by Crippen LogP contribution is -2.49. The molecule has 1 saturated heterocycles. The number of methoxy groups -OCH3 is 2. The van der Waals surface area contributed by atoms with Crippen molar-refractivity contribution in [2.24, 2.45) is 5.92 Å². The van der Waals surface area contributed by atoms with Crippen LogP contribution in [0.25, 0.3) is 6.08 Å². The molecule has 1 spiro atoms. The Bertz CT molecular complexity index is 1950. The number of benzene rings is 4. The van der Waals surface area contributed by atoms with E-state index in [1.807, 2.05) is 65.7 Å². The summed E-state index contributed by atoms with van der Waals surface area (Å²) in [6.45, 7) is 1.30. The Morgan fingerprint density at radius 1 is 0.804 bits per heavy atom. The molecule has 3 aliphatic rings. The van der Waals surface area contributed by atoms with Gasteiger partial charge in [-0.3, -0.25) is 19.2 Å². The van der Waals surface area contributed by atoms with E-state index in [9.17, 15) is 14.4 Å². The van der Waals surface area contributed by atoms with Crippen molar-refractivity contribution >= 4 is 35.2 Å². The van der Waals surface area contributed by atoms with Gasteiger partial charge in [0.1, 0.15) is 17.2 Å². The SMILES string of the molecule is COc1ccc(C(=O)[C@H]2[C@H](C(=O)c3ccc(OC(C)=O)cc3)N3C=Cc4ccccc4[C@@H]3[C@@]23C(=O)Nc2ccccc23)cc1OC. The number of anilines is 1. The molecule has 1 amide bonds. The number of ketones is 2. The zero-order valence-electron chi connectivity index (χ0n) is 25.4. The Morgan fingerprint density at radius 2 is 1.50 bits per heavy atom. The molecule has 3 heterocycles. The maximum atomic E-state index is 15.1. The van der Waals surface area contributed by atoms with Crippen LogP contribution < -0.4 is 19.5 Å². The van der Waals surface area contributed by atoms with E-state index in [0.29, 0.717) is 34.1 Å². The Labute approximate surface area is 265 Å². The lowest BCUT2D eigenvalue weighted by atomic mass is 9.62. The molecular formula is C37H30N2O7. The molecule has 0 unspecified atom stereocenters. The van der Waals surface area contributed by atoms with Crippen LogP contribution in [0.5, 0.6) is 17.2 Å². The first-order valence-electron chi connectivity index (χ1n) is 14.8. The molecule has 0 bridgehead atoms. The normalized spacial score (nSPS) is 22.0. The summed E-state index contributed by atoms with van der Waals surface area (Å²) in [5, 5.41) is 3.05. The Hall–Kier alpha value is -5.70. The number of amides is 1. The summed E-state index contributed by atoms with van der Waals surface area (Å²) < 4.78 is 16.1. The van der Waals surface area contributed by atoms with Gasteiger partial charge >= 0.3 is 5.97 Å². The van der Waals surface area contributed by atoms with Crippen LogP contribution in [0.4, 0.5) is 5.69 Å². The molecule has 4 atom stereocenters. The highest BCUT2D eigenvalue weighted by atomic mass is 16.5. The van der Waals surface area contributed by atoms with Gasteiger partial charge in [-0.15, -0.1) is 0 Å². The molecule has 0 aliphatic carbocycles. The quantitative estimate of drug-likeness (QED) is 0.163. The lowest BCUT2D eigenvalue weighted by molar-refractivity contribution is -0.131. The monoisotopic (exact) mass is 614 g/mol. The molecule has 46 heavy (non-hydrogen) atoms. The van der Waals surface area contributed by atoms with E-state index in [1.54, 1.807) is 42.5 Å². The number of nitrogens with one attached hydrogen (secondary N) is 1. The smallest absolute Gasteiger partial charge is 0.308 e. The number of carbonyl (C=O) groups excluding carboxylic acids is 4. The minimum atomic E-state index is -1.47. The number of fused-ring (bicyclic) bond motifs is 6. The molecular weight excluding hydrogens is 584 g/mol. The van der Waals surface area contributed by atoms with Crippen LogP contribution in [0.1, 0.15) is 50.4 Å². The summed E-state index contributed by atoms with van der Waals surface area (Å²) >= 11 is 0. The second kappa shape index (κ2) is 11.0. The molecule has 7 rings (SSSR count). The Kier molecular flexibility index (Phi) is 6.96. The molecule has 9 nitrogen and oxygen atoms in total. The van der Waals surface area contributed by atoms with Gasteiger partial charge in [0, 0.05) is 29.9 Å². The van der Waals surface area contributed by atoms with E-state index in [-0.39, 0.29) is 23.0 Å². The van der Waals surface area contributed by atoms with Gasteiger partial charge in [0.05, 0.1) is 26.2 Å². The Balaban J connectivity index is 1.48. The average molecular weight is 615 g/mol. The molecule has 4 aromatic rings. The van der Waals surface area contributed by atoms with Gasteiger partial charge in [-0.05, 0) is 71.3 Å². The molecule has 0 aromatic heterocycles. The first kappa shape index (κ1) is 29.0. The van der Waals surface area contributed by atoms with Crippen LogP contribution in [0.3, 0.4) is 0 Å². The molecule has 1 fully saturated rings. The summed E-state index contributed by atoms with van der Waals surface area (Å²) in [4.78, 5) is 57.8. The third-order valence-electron chi connectivity index (χ3n) is 9.19. The molecule has 0 saturated carbocycles. The molecule has 0 radical (unpaired) electrons. The first-order chi connectivity index (χ1) is 22.3. The first-order valence-corrected chi connectivity index (χ1v) is 14.8. The number of ether oxygens (including phenoxy) is 3. The minimum Gasteiger partial charge on any atom is -0.493 e. The zero-order chi connectivity index (χ0) is 32.2. The highest BCUT2D eigenvalue weighted by Crippen LogP contribution is 2.62. The van der Waals surface area contributed by atoms with Gasteiger partial charge in [0.2, 0.25) is 5.91 Å². The van der Waals surface area contributed by atoms with Crippen LogP contribution in [0.2, 0.25) is 0 Å². The van der Waals surface area contributed by atoms with Crippen molar-refractivity contribution in [1.82, 2.24) is 4.90 Å². The van der Waals surface area contributed by atoms with Crippen molar-refractivity contribution in [2.75, 3.05) is 19.5 Å². The van der Waals surface area contributed by atoms with E-state index in [4.69, 9.17) is 14.2 Å². The van der Waals surface area contributed by atoms with Crippen LogP contribution in [0, 0.1) is 5.92 Å². The summed E-state index contributed by atoms with van der Waals surface area (Å²) in [6.07, 6.45) is 3.73. The fraction of sp³-hybridized carbons (Fsp3) is 0.189. The topological polar surface area (TPSA) is 111 Å². The van der Waals surface area contributed by atoms with Gasteiger partial charge in [0.15, 0.2) is 23.1 Å². The molecule has 1 N–H and O–H groups in total. The van der Waals surface area contributed by atoms with E-state index in [2.05, 4.69) is 5.32 Å². The average Bonchev–Trinajstić information content (AvgIpc) is 3.55. The molecule has 4 aromatic carbocycles. The van der Waals surface area contributed by atoms with Crippen LogP contribution in [-0.4, -0.2) is 48.6 Å². The number of Topliss-reactive ketones (excluding diaryl/α,β-unsaturated/α-hetero) is 2. The Morgan fingerprint density at radius 3 is 2.24 bits per heavy atom. The van der Waals surface area contributed by atoms with E-state index in [1.165, 1.54) is 21.1 Å². The van der Waals surface area contributed by atoms with Gasteiger partial charge in [-0.2, -0.15) is 0 Å². The number of para-hydroxylation sites is 1. The number of hydrogen-bond donors (Lipinski definition) is 1. The number of nitrogens with zero attached hydrogens (tertiary/aromatic N) is 1. The van der Waals surface area contributed by atoms with Crippen molar-refractivity contribution in [3.63, 3.8) is 0 Å². The maximum absolute atomic E-state index is 15.1. The second-order valence-corrected chi connectivity index (χ2v) is 11.5. The lowest BCUT2D eigenvalue weighted by Gasteiger charge is -2.38. The highest BCUT2D eigenvalue weighted by Gasteiger charge is 2.70. The van der Waals surface area contributed by atoms with Crippen molar-refractivity contribution < 1.29 is 33.4 Å². The second-order valence-electron chi connectivity index (χ2n) is 11.5. The number of carbonyl (C=O) groups is 4. The fourth-order valence-electron chi connectivity index (χ4n) is 7.36. The van der Waals surface area contributed by atoms with Gasteiger partial charge in [-0.25, -0.2) is 0 Å². The molecule has 230 valence electrons. The van der Waals surface area contributed by atoms with Crippen molar-refractivity contribution in [2.45, 2.75) is 24.4 Å². The van der Waals surface area contributed by atoms with Gasteiger partial charge in [0.25, 0.3) is 0 Å². The van der Waals surface area contributed by atoms with Crippen LogP contribution in [-0.2, 0) is 15.0 Å².